The van der Waals surface area contributed by atoms with E-state index in [-0.39, 0.29) is 6.04 Å². The van der Waals surface area contributed by atoms with Crippen molar-refractivity contribution in [2.75, 3.05) is 26.6 Å². The van der Waals surface area contributed by atoms with Gasteiger partial charge in [0.25, 0.3) is 0 Å². The van der Waals surface area contributed by atoms with E-state index in [0.717, 1.165) is 5.69 Å². The van der Waals surface area contributed by atoms with Crippen LogP contribution in [0.25, 0.3) is 0 Å². The second-order valence-corrected chi connectivity index (χ2v) is 4.25. The van der Waals surface area contributed by atoms with E-state index < -0.39 is 0 Å². The molecule has 0 spiro atoms. The van der Waals surface area contributed by atoms with Crippen LogP contribution in [0.2, 0.25) is 0 Å². The lowest BCUT2D eigenvalue weighted by molar-refractivity contribution is 0.324. The first-order chi connectivity index (χ1) is 9.55. The van der Waals surface area contributed by atoms with Crippen molar-refractivity contribution in [2.45, 2.75) is 19.9 Å². The van der Waals surface area contributed by atoms with Crippen molar-refractivity contribution in [2.24, 2.45) is 10.8 Å². The fourth-order valence-corrected chi connectivity index (χ4v) is 1.65. The van der Waals surface area contributed by atoms with E-state index in [1.807, 2.05) is 13.8 Å². The van der Waals surface area contributed by atoms with Crippen LogP contribution in [0.3, 0.4) is 0 Å². The third kappa shape index (κ3) is 3.92. The van der Waals surface area contributed by atoms with Gasteiger partial charge in [-0.2, -0.15) is 0 Å². The molecule has 0 fully saturated rings. The molecule has 0 amide bonds. The number of rotatable bonds is 5. The molecule has 0 aliphatic heterocycles. The summed E-state index contributed by atoms with van der Waals surface area (Å²) in [6, 6.07) is 3.65. The summed E-state index contributed by atoms with van der Waals surface area (Å²) < 4.78 is 15.8. The average molecular weight is 282 g/mol. The van der Waals surface area contributed by atoms with E-state index in [1.54, 1.807) is 33.5 Å². The number of nitrogens with zero attached hydrogens (tertiary/aromatic N) is 1. The lowest BCUT2D eigenvalue weighted by Crippen LogP contribution is -2.37. The highest BCUT2D eigenvalue weighted by Crippen LogP contribution is 2.39. The molecule has 0 saturated heterocycles. The van der Waals surface area contributed by atoms with E-state index in [1.165, 1.54) is 0 Å². The molecule has 0 bridgehead atoms. The summed E-state index contributed by atoms with van der Waals surface area (Å²) >= 11 is 0. The zero-order chi connectivity index (χ0) is 15.1. The molecule has 0 saturated carbocycles. The zero-order valence-electron chi connectivity index (χ0n) is 12.5. The van der Waals surface area contributed by atoms with Crippen LogP contribution >= 0.6 is 0 Å². The Balaban J connectivity index is 3.13. The Bertz CT molecular complexity index is 450. The lowest BCUT2D eigenvalue weighted by Gasteiger charge is -2.16. The number of anilines is 1. The van der Waals surface area contributed by atoms with Crippen molar-refractivity contribution in [1.29, 1.82) is 0 Å². The smallest absolute Gasteiger partial charge is 0.210 e. The van der Waals surface area contributed by atoms with Gasteiger partial charge >= 0.3 is 0 Å². The number of aliphatic imine (C=N–C) groups is 1. The number of nitrogens with two attached hydrogens (primary N) is 1. The molecular formula is C13H22N4O3. The van der Waals surface area contributed by atoms with Crippen LogP contribution in [0.15, 0.2) is 17.1 Å². The van der Waals surface area contributed by atoms with Gasteiger partial charge in [-0.1, -0.05) is 0 Å². The molecule has 7 heteroatoms. The van der Waals surface area contributed by atoms with E-state index in [4.69, 9.17) is 20.1 Å². The standard InChI is InChI=1S/C13H22N4O3/c1-8(2)15-13(17-14)16-9-6-10(18-3)12(20-5)11(7-9)19-4/h6-8H,14H2,1-5H3,(H2,15,16,17). The third-order valence-corrected chi connectivity index (χ3v) is 2.45. The van der Waals surface area contributed by atoms with Gasteiger partial charge in [0.2, 0.25) is 11.7 Å². The fourth-order valence-electron chi connectivity index (χ4n) is 1.65. The van der Waals surface area contributed by atoms with Crippen LogP contribution in [0.5, 0.6) is 17.2 Å². The Hall–Kier alpha value is -2.15. The Morgan fingerprint density at radius 2 is 1.65 bits per heavy atom. The van der Waals surface area contributed by atoms with E-state index >= 15 is 0 Å². The van der Waals surface area contributed by atoms with E-state index in [0.29, 0.717) is 23.2 Å². The molecule has 1 aromatic rings. The van der Waals surface area contributed by atoms with Crippen LogP contribution in [-0.2, 0) is 0 Å². The van der Waals surface area contributed by atoms with Gasteiger partial charge in [0.05, 0.1) is 21.3 Å². The number of methoxy groups -OCH3 is 3. The quantitative estimate of drug-likeness (QED) is 0.327. The van der Waals surface area contributed by atoms with Crippen LogP contribution in [0, 0.1) is 0 Å². The number of guanidine groups is 1. The highest BCUT2D eigenvalue weighted by molar-refractivity contribution is 5.94. The maximum Gasteiger partial charge on any atom is 0.210 e. The first-order valence-electron chi connectivity index (χ1n) is 6.17. The minimum absolute atomic E-state index is 0.107. The molecule has 0 aliphatic carbocycles. The van der Waals surface area contributed by atoms with Gasteiger partial charge in [0, 0.05) is 23.9 Å². The van der Waals surface area contributed by atoms with Gasteiger partial charge in [0.1, 0.15) is 0 Å². The van der Waals surface area contributed by atoms with Gasteiger partial charge in [-0.15, -0.1) is 0 Å². The number of hydrazine groups is 1. The Morgan fingerprint density at radius 1 is 1.10 bits per heavy atom. The summed E-state index contributed by atoms with van der Waals surface area (Å²) in [5.74, 6) is 7.52. The lowest BCUT2D eigenvalue weighted by atomic mass is 10.2. The Morgan fingerprint density at radius 3 is 2.00 bits per heavy atom. The number of nitrogens with one attached hydrogen (secondary N) is 2. The molecule has 0 atom stereocenters. The van der Waals surface area contributed by atoms with Crippen molar-refractivity contribution in [1.82, 2.24) is 5.43 Å². The first-order valence-corrected chi connectivity index (χ1v) is 6.17. The van der Waals surface area contributed by atoms with Crippen molar-refractivity contribution in [3.8, 4) is 17.2 Å². The minimum Gasteiger partial charge on any atom is -0.493 e. The average Bonchev–Trinajstić information content (AvgIpc) is 2.44. The van der Waals surface area contributed by atoms with Gasteiger partial charge in [-0.25, -0.2) is 10.8 Å². The molecule has 20 heavy (non-hydrogen) atoms. The van der Waals surface area contributed by atoms with Crippen LogP contribution < -0.4 is 30.8 Å². The number of hydrogen-bond donors (Lipinski definition) is 3. The minimum atomic E-state index is 0.107. The van der Waals surface area contributed by atoms with Crippen molar-refractivity contribution < 1.29 is 14.2 Å². The zero-order valence-corrected chi connectivity index (χ0v) is 12.5. The summed E-state index contributed by atoms with van der Waals surface area (Å²) in [6.07, 6.45) is 0. The maximum absolute atomic E-state index is 5.44. The summed E-state index contributed by atoms with van der Waals surface area (Å²) in [5.41, 5.74) is 3.23. The predicted molar refractivity (Wildman–Crippen MR) is 79.6 cm³/mol. The fraction of sp³-hybridized carbons (Fsp3) is 0.462. The Kier molecular flexibility index (Phi) is 5.92. The van der Waals surface area contributed by atoms with Gasteiger partial charge < -0.3 is 19.5 Å². The molecule has 0 heterocycles. The molecule has 0 aliphatic rings. The summed E-state index contributed by atoms with van der Waals surface area (Å²) in [4.78, 5) is 4.30. The number of ether oxygens (including phenoxy) is 3. The second-order valence-electron chi connectivity index (χ2n) is 4.25. The number of hydrogen-bond acceptors (Lipinski definition) is 5. The molecule has 1 aromatic carbocycles. The highest BCUT2D eigenvalue weighted by Gasteiger charge is 2.13. The Labute approximate surface area is 119 Å². The summed E-state index contributed by atoms with van der Waals surface area (Å²) in [5, 5.41) is 3.06. The molecule has 7 nitrogen and oxygen atoms in total. The normalized spacial score (nSPS) is 11.2. The maximum atomic E-state index is 5.44. The molecule has 4 N–H and O–H groups in total. The van der Waals surface area contributed by atoms with Gasteiger partial charge in [-0.3, -0.25) is 5.43 Å². The van der Waals surface area contributed by atoms with E-state index in [9.17, 15) is 0 Å². The monoisotopic (exact) mass is 282 g/mol. The van der Waals surface area contributed by atoms with Gasteiger partial charge in [-0.05, 0) is 13.8 Å². The molecule has 0 radical (unpaired) electrons. The summed E-state index contributed by atoms with van der Waals surface area (Å²) in [6.45, 7) is 3.91. The van der Waals surface area contributed by atoms with E-state index in [2.05, 4.69) is 15.7 Å². The molecule has 0 aromatic heterocycles. The van der Waals surface area contributed by atoms with Crippen molar-refractivity contribution in [3.05, 3.63) is 12.1 Å². The highest BCUT2D eigenvalue weighted by atomic mass is 16.5. The van der Waals surface area contributed by atoms with Crippen LogP contribution in [0.1, 0.15) is 13.8 Å². The van der Waals surface area contributed by atoms with Gasteiger partial charge in [0.15, 0.2) is 11.5 Å². The van der Waals surface area contributed by atoms with Crippen molar-refractivity contribution >= 4 is 11.6 Å². The number of benzene rings is 1. The van der Waals surface area contributed by atoms with Crippen LogP contribution in [0.4, 0.5) is 5.69 Å². The third-order valence-electron chi connectivity index (χ3n) is 2.45. The van der Waals surface area contributed by atoms with Crippen molar-refractivity contribution in [3.63, 3.8) is 0 Å². The predicted octanol–water partition coefficient (Wildman–Crippen LogP) is 1.35. The first kappa shape index (κ1) is 15.9. The molecule has 112 valence electrons. The summed E-state index contributed by atoms with van der Waals surface area (Å²) in [7, 11) is 4.68. The topological polar surface area (TPSA) is 90.1 Å². The van der Waals surface area contributed by atoms with Crippen LogP contribution in [-0.4, -0.2) is 33.3 Å². The molecule has 0 unspecified atom stereocenters. The molecule has 1 rings (SSSR count). The second kappa shape index (κ2) is 7.44. The SMILES string of the molecule is COc1cc(NC(=NC(C)C)NN)cc(OC)c1OC. The largest absolute Gasteiger partial charge is 0.493 e. The molecular weight excluding hydrogens is 260 g/mol.